The van der Waals surface area contributed by atoms with Crippen molar-refractivity contribution in [3.8, 4) is 22.5 Å². The lowest BCUT2D eigenvalue weighted by Gasteiger charge is -2.34. The molecule has 6 aromatic rings. The molecule has 3 heterocycles. The minimum absolute atomic E-state index is 0.00939. The molecule has 0 saturated carbocycles. The molecule has 0 bridgehead atoms. The lowest BCUT2D eigenvalue weighted by Crippen LogP contribution is -2.47. The zero-order valence-corrected chi connectivity index (χ0v) is 27.7. The van der Waals surface area contributed by atoms with Gasteiger partial charge in [0, 0.05) is 83.1 Å². The maximum atomic E-state index is 13.8. The summed E-state index contributed by atoms with van der Waals surface area (Å²) in [6.07, 6.45) is 1.61. The van der Waals surface area contributed by atoms with Gasteiger partial charge in [-0.15, -0.1) is 0 Å². The summed E-state index contributed by atoms with van der Waals surface area (Å²) in [5.74, 6) is -0.0188. The van der Waals surface area contributed by atoms with E-state index in [0.717, 1.165) is 85.4 Å². The monoisotopic (exact) mass is 660 g/mol. The topological polar surface area (TPSA) is 84.6 Å². The molecule has 2 aliphatic carbocycles. The average molecular weight is 661 g/mol. The second-order valence-electron chi connectivity index (χ2n) is 13.6. The minimum Gasteiger partial charge on any atom is -0.307 e. The largest absolute Gasteiger partial charge is 0.307 e. The van der Waals surface area contributed by atoms with Crippen LogP contribution in [-0.4, -0.2) is 69.8 Å². The lowest BCUT2D eigenvalue weighted by atomic mass is 10.0. The molecule has 0 radical (unpaired) electrons. The van der Waals surface area contributed by atoms with Crippen LogP contribution in [0.15, 0.2) is 107 Å². The number of piperazine rings is 1. The minimum atomic E-state index is -0.0438. The lowest BCUT2D eigenvalue weighted by molar-refractivity contribution is 0.103. The summed E-state index contributed by atoms with van der Waals surface area (Å²) >= 11 is 0. The third kappa shape index (κ3) is 4.74. The van der Waals surface area contributed by atoms with E-state index in [2.05, 4.69) is 9.80 Å². The van der Waals surface area contributed by atoms with Crippen molar-refractivity contribution in [2.24, 2.45) is 0 Å². The second kappa shape index (κ2) is 12.2. The molecule has 1 aliphatic heterocycles. The van der Waals surface area contributed by atoms with Crippen molar-refractivity contribution < 1.29 is 9.59 Å². The average Bonchev–Trinajstić information content (AvgIpc) is 3.62. The first-order valence-corrected chi connectivity index (χ1v) is 17.6. The van der Waals surface area contributed by atoms with Crippen molar-refractivity contribution in [1.82, 2.24) is 18.9 Å². The van der Waals surface area contributed by atoms with Crippen molar-refractivity contribution >= 4 is 33.1 Å². The maximum absolute atomic E-state index is 13.8. The second-order valence-corrected chi connectivity index (χ2v) is 13.6. The number of benzene rings is 4. The van der Waals surface area contributed by atoms with Crippen LogP contribution in [0.1, 0.15) is 44.7 Å². The van der Waals surface area contributed by atoms with Gasteiger partial charge in [0.15, 0.2) is 11.6 Å². The van der Waals surface area contributed by atoms with Crippen molar-refractivity contribution in [2.75, 3.05) is 39.3 Å². The van der Waals surface area contributed by atoms with Crippen LogP contribution in [-0.2, 0) is 13.1 Å². The van der Waals surface area contributed by atoms with Gasteiger partial charge in [-0.3, -0.25) is 19.2 Å². The van der Waals surface area contributed by atoms with Gasteiger partial charge >= 0.3 is 0 Å². The Morgan fingerprint density at radius 2 is 0.740 bits per heavy atom. The van der Waals surface area contributed by atoms with E-state index in [4.69, 9.17) is 0 Å². The van der Waals surface area contributed by atoms with Crippen LogP contribution in [0.25, 0.3) is 44.1 Å². The molecule has 2 aromatic heterocycles. The Morgan fingerprint density at radius 1 is 0.400 bits per heavy atom. The van der Waals surface area contributed by atoms with E-state index < -0.39 is 0 Å². The maximum Gasteiger partial charge on any atom is 0.258 e. The van der Waals surface area contributed by atoms with E-state index in [9.17, 15) is 19.2 Å². The van der Waals surface area contributed by atoms with E-state index in [1.807, 2.05) is 106 Å². The molecule has 8 heteroatoms. The summed E-state index contributed by atoms with van der Waals surface area (Å²) < 4.78 is 3.66. The van der Waals surface area contributed by atoms with Crippen molar-refractivity contribution in [2.45, 2.75) is 25.9 Å². The summed E-state index contributed by atoms with van der Waals surface area (Å²) in [5.41, 5.74) is 5.71. The van der Waals surface area contributed by atoms with Gasteiger partial charge in [0.05, 0.1) is 22.5 Å². The predicted octanol–water partition coefficient (Wildman–Crippen LogP) is 5.84. The first kappa shape index (κ1) is 30.6. The number of nitrogens with zero attached hydrogens (tertiary/aromatic N) is 4. The number of pyridine rings is 2. The molecular formula is C42H36N4O4. The van der Waals surface area contributed by atoms with Gasteiger partial charge in [0.1, 0.15) is 0 Å². The summed E-state index contributed by atoms with van der Waals surface area (Å²) in [7, 11) is 0. The molecule has 3 aliphatic rings. The standard InChI is InChI=1S/C42H36N4O4/c47-39-31-15-5-3-13-29(31)37-35(39)27-11-1-7-17-33(27)41(49)45(37)21-9-19-43-23-25-44(26-24-43)20-10-22-46-38-30-14-4-6-16-32(30)40(48)36(38)28-12-2-8-18-34(28)42(46)50/h1-8,11-18H,9-10,19-26H2. The van der Waals surface area contributed by atoms with Crippen LogP contribution >= 0.6 is 0 Å². The third-order valence-electron chi connectivity index (χ3n) is 10.8. The van der Waals surface area contributed by atoms with Crippen molar-refractivity contribution in [3.63, 3.8) is 0 Å². The molecule has 0 atom stereocenters. The van der Waals surface area contributed by atoms with Crippen LogP contribution in [0.2, 0.25) is 0 Å². The molecule has 1 fully saturated rings. The van der Waals surface area contributed by atoms with Crippen LogP contribution < -0.4 is 11.1 Å². The highest BCUT2D eigenvalue weighted by molar-refractivity contribution is 6.27. The molecule has 0 amide bonds. The van der Waals surface area contributed by atoms with Gasteiger partial charge in [-0.05, 0) is 38.1 Å². The summed E-state index contributed by atoms with van der Waals surface area (Å²) in [6.45, 7) is 6.54. The first-order chi connectivity index (χ1) is 24.5. The Balaban J connectivity index is 0.863. The van der Waals surface area contributed by atoms with E-state index in [1.165, 1.54) is 0 Å². The molecule has 8 nitrogen and oxygen atoms in total. The quantitative estimate of drug-likeness (QED) is 0.204. The van der Waals surface area contributed by atoms with Gasteiger partial charge in [-0.2, -0.15) is 0 Å². The summed E-state index contributed by atoms with van der Waals surface area (Å²) in [5, 5.41) is 2.64. The van der Waals surface area contributed by atoms with Crippen LogP contribution in [0.3, 0.4) is 0 Å². The van der Waals surface area contributed by atoms with Crippen LogP contribution in [0, 0.1) is 0 Å². The van der Waals surface area contributed by atoms with E-state index in [1.54, 1.807) is 0 Å². The van der Waals surface area contributed by atoms with E-state index in [-0.39, 0.29) is 22.7 Å². The van der Waals surface area contributed by atoms with Crippen molar-refractivity contribution in [1.29, 1.82) is 0 Å². The number of carbonyl (C=O) groups is 2. The Hall–Kier alpha value is -5.44. The zero-order valence-electron chi connectivity index (χ0n) is 27.7. The fourth-order valence-electron chi connectivity index (χ4n) is 8.43. The number of fused-ring (bicyclic) bond motifs is 10. The number of rotatable bonds is 8. The molecular weight excluding hydrogens is 624 g/mol. The van der Waals surface area contributed by atoms with Crippen LogP contribution in [0.5, 0.6) is 0 Å². The summed E-state index contributed by atoms with van der Waals surface area (Å²) in [4.78, 5) is 59.4. The number of ketones is 2. The van der Waals surface area contributed by atoms with Gasteiger partial charge in [-0.1, -0.05) is 84.9 Å². The fourth-order valence-corrected chi connectivity index (χ4v) is 8.43. The Bertz CT molecular complexity index is 2330. The fraction of sp³-hybridized carbons (Fsp3) is 0.238. The molecule has 0 N–H and O–H groups in total. The van der Waals surface area contributed by atoms with E-state index >= 15 is 0 Å². The smallest absolute Gasteiger partial charge is 0.258 e. The van der Waals surface area contributed by atoms with Gasteiger partial charge in [0.2, 0.25) is 0 Å². The predicted molar refractivity (Wildman–Crippen MR) is 196 cm³/mol. The molecule has 1 saturated heterocycles. The Morgan fingerprint density at radius 3 is 1.14 bits per heavy atom. The number of hydrogen-bond acceptors (Lipinski definition) is 6. The SMILES string of the molecule is O=C1c2ccccc2-c2c1c1ccccc1c(=O)n2CCCN1CCN(CCCn2c3c(c4ccccc4c2=O)C(=O)c2ccccc2-3)CC1. The normalized spacial score (nSPS) is 15.4. The van der Waals surface area contributed by atoms with Gasteiger partial charge in [-0.25, -0.2) is 0 Å². The highest BCUT2D eigenvalue weighted by Gasteiger charge is 2.33. The third-order valence-corrected chi connectivity index (χ3v) is 10.8. The van der Waals surface area contributed by atoms with E-state index in [0.29, 0.717) is 46.1 Å². The van der Waals surface area contributed by atoms with Gasteiger partial charge in [0.25, 0.3) is 11.1 Å². The number of aromatic nitrogens is 2. The Kier molecular flexibility index (Phi) is 7.44. The van der Waals surface area contributed by atoms with Gasteiger partial charge < -0.3 is 18.9 Å². The molecule has 50 heavy (non-hydrogen) atoms. The molecule has 0 unspecified atom stereocenters. The Labute approximate surface area is 288 Å². The summed E-state index contributed by atoms with van der Waals surface area (Å²) in [6, 6.07) is 30.1. The highest BCUT2D eigenvalue weighted by atomic mass is 16.1. The first-order valence-electron chi connectivity index (χ1n) is 17.6. The highest BCUT2D eigenvalue weighted by Crippen LogP contribution is 2.40. The number of hydrogen-bond donors (Lipinski definition) is 0. The molecule has 248 valence electrons. The molecule has 4 aromatic carbocycles. The van der Waals surface area contributed by atoms with Crippen molar-refractivity contribution in [3.05, 3.63) is 140 Å². The zero-order chi connectivity index (χ0) is 33.9. The van der Waals surface area contributed by atoms with Crippen LogP contribution in [0.4, 0.5) is 0 Å². The molecule has 0 spiro atoms. The number of carbonyl (C=O) groups excluding carboxylic acids is 2. The molecule has 9 rings (SSSR count).